The molecule has 0 aliphatic heterocycles. The van der Waals surface area contributed by atoms with E-state index in [4.69, 9.17) is 16.9 Å². The summed E-state index contributed by atoms with van der Waals surface area (Å²) in [6.45, 7) is 1.42. The van der Waals surface area contributed by atoms with Crippen molar-refractivity contribution in [3.05, 3.63) is 28.8 Å². The summed E-state index contributed by atoms with van der Waals surface area (Å²) >= 11 is 5.79. The van der Waals surface area contributed by atoms with Crippen molar-refractivity contribution in [3.8, 4) is 6.07 Å². The summed E-state index contributed by atoms with van der Waals surface area (Å²) in [5.74, 6) is 0. The van der Waals surface area contributed by atoms with Gasteiger partial charge in [0.25, 0.3) is 0 Å². The van der Waals surface area contributed by atoms with E-state index in [1.807, 2.05) is 13.0 Å². The van der Waals surface area contributed by atoms with Gasteiger partial charge in [-0.1, -0.05) is 18.5 Å². The van der Waals surface area contributed by atoms with E-state index in [9.17, 15) is 10.2 Å². The van der Waals surface area contributed by atoms with Gasteiger partial charge in [-0.05, 0) is 24.6 Å². The van der Waals surface area contributed by atoms with Gasteiger partial charge in [-0.3, -0.25) is 0 Å². The fourth-order valence-electron chi connectivity index (χ4n) is 1.44. The van der Waals surface area contributed by atoms with Crippen molar-refractivity contribution in [1.82, 2.24) is 0 Å². The van der Waals surface area contributed by atoms with Gasteiger partial charge in [-0.2, -0.15) is 5.26 Å². The highest BCUT2D eigenvalue weighted by atomic mass is 35.5. The molecule has 0 aliphatic rings. The number of benzene rings is 1. The third-order valence-corrected chi connectivity index (χ3v) is 3.02. The second-order valence-electron chi connectivity index (χ2n) is 3.88. The maximum absolute atomic E-state index is 9.32. The Morgan fingerprint density at radius 1 is 1.41 bits per heavy atom. The lowest BCUT2D eigenvalue weighted by Gasteiger charge is -2.31. The zero-order valence-corrected chi connectivity index (χ0v) is 10.3. The molecule has 0 atom stereocenters. The van der Waals surface area contributed by atoms with Gasteiger partial charge in [0.15, 0.2) is 0 Å². The summed E-state index contributed by atoms with van der Waals surface area (Å²) in [6.07, 6.45) is 0.535. The fourth-order valence-corrected chi connectivity index (χ4v) is 1.62. The molecule has 0 unspecified atom stereocenters. The molecule has 3 N–H and O–H groups in total. The number of hydrogen-bond donors (Lipinski definition) is 3. The summed E-state index contributed by atoms with van der Waals surface area (Å²) in [7, 11) is 0. The standard InChI is InChI=1S/C12H15ClN2O2/c1-2-12(7-16,8-17)15-11-4-3-10(13)5-9(11)6-14/h3-5,15-17H,2,7-8H2,1H3. The number of nitrogens with zero attached hydrogens (tertiary/aromatic N) is 1. The molecule has 92 valence electrons. The summed E-state index contributed by atoms with van der Waals surface area (Å²) < 4.78 is 0. The molecular weight excluding hydrogens is 240 g/mol. The predicted molar refractivity (Wildman–Crippen MR) is 67.0 cm³/mol. The van der Waals surface area contributed by atoms with Crippen molar-refractivity contribution in [2.45, 2.75) is 18.9 Å². The lowest BCUT2D eigenvalue weighted by atomic mass is 9.97. The maximum Gasteiger partial charge on any atom is 0.101 e. The zero-order chi connectivity index (χ0) is 12.9. The van der Waals surface area contributed by atoms with E-state index in [1.165, 1.54) is 0 Å². The molecule has 1 rings (SSSR count). The Morgan fingerprint density at radius 3 is 2.53 bits per heavy atom. The topological polar surface area (TPSA) is 76.3 Å². The highest BCUT2D eigenvalue weighted by Gasteiger charge is 2.27. The smallest absolute Gasteiger partial charge is 0.101 e. The zero-order valence-electron chi connectivity index (χ0n) is 9.57. The Balaban J connectivity index is 3.06. The molecule has 0 amide bonds. The summed E-state index contributed by atoms with van der Waals surface area (Å²) in [5, 5.41) is 31.1. The van der Waals surface area contributed by atoms with Gasteiger partial charge in [-0.15, -0.1) is 0 Å². The molecule has 5 heteroatoms. The van der Waals surface area contributed by atoms with Gasteiger partial charge < -0.3 is 15.5 Å². The van der Waals surface area contributed by atoms with Crippen LogP contribution in [0.25, 0.3) is 0 Å². The minimum Gasteiger partial charge on any atom is -0.394 e. The lowest BCUT2D eigenvalue weighted by Crippen LogP contribution is -2.45. The average molecular weight is 255 g/mol. The van der Waals surface area contributed by atoms with Crippen LogP contribution in [0.3, 0.4) is 0 Å². The SMILES string of the molecule is CCC(CO)(CO)Nc1ccc(Cl)cc1C#N. The molecule has 1 aromatic rings. The first-order valence-electron chi connectivity index (χ1n) is 5.30. The average Bonchev–Trinajstić information content (AvgIpc) is 2.37. The lowest BCUT2D eigenvalue weighted by molar-refractivity contribution is 0.132. The number of rotatable bonds is 5. The van der Waals surface area contributed by atoms with E-state index in [-0.39, 0.29) is 13.2 Å². The number of nitriles is 1. The molecule has 4 nitrogen and oxygen atoms in total. The van der Waals surface area contributed by atoms with E-state index < -0.39 is 5.54 Å². The van der Waals surface area contributed by atoms with Crippen LogP contribution in [0.4, 0.5) is 5.69 Å². The van der Waals surface area contributed by atoms with Crippen LogP contribution in [0.1, 0.15) is 18.9 Å². The summed E-state index contributed by atoms with van der Waals surface area (Å²) in [6, 6.07) is 6.88. The number of hydrogen-bond acceptors (Lipinski definition) is 4. The van der Waals surface area contributed by atoms with Crippen LogP contribution in [0.5, 0.6) is 0 Å². The fraction of sp³-hybridized carbons (Fsp3) is 0.417. The van der Waals surface area contributed by atoms with Crippen LogP contribution < -0.4 is 5.32 Å². The molecule has 0 heterocycles. The number of aliphatic hydroxyl groups is 2. The number of halogens is 1. The van der Waals surface area contributed by atoms with Crippen molar-refractivity contribution < 1.29 is 10.2 Å². The molecular formula is C12H15ClN2O2. The van der Waals surface area contributed by atoms with Crippen molar-refractivity contribution >= 4 is 17.3 Å². The first kappa shape index (κ1) is 13.8. The third-order valence-electron chi connectivity index (χ3n) is 2.78. The number of nitrogens with one attached hydrogen (secondary N) is 1. The van der Waals surface area contributed by atoms with Gasteiger partial charge >= 0.3 is 0 Å². The summed E-state index contributed by atoms with van der Waals surface area (Å²) in [5.41, 5.74) is 0.124. The molecule has 0 aliphatic carbocycles. The predicted octanol–water partition coefficient (Wildman–Crippen LogP) is 1.76. The van der Waals surface area contributed by atoms with Crippen molar-refractivity contribution in [3.63, 3.8) is 0 Å². The molecule has 0 fully saturated rings. The van der Waals surface area contributed by atoms with Crippen molar-refractivity contribution in [2.75, 3.05) is 18.5 Å². The van der Waals surface area contributed by atoms with Crippen LogP contribution in [0, 0.1) is 11.3 Å². The number of anilines is 1. The van der Waals surface area contributed by atoms with Crippen LogP contribution in [0.2, 0.25) is 5.02 Å². The van der Waals surface area contributed by atoms with Crippen LogP contribution in [-0.2, 0) is 0 Å². The van der Waals surface area contributed by atoms with Crippen LogP contribution in [-0.4, -0.2) is 29.0 Å². The molecule has 0 aromatic heterocycles. The van der Waals surface area contributed by atoms with E-state index in [2.05, 4.69) is 5.32 Å². The molecule has 0 spiro atoms. The first-order chi connectivity index (χ1) is 8.10. The van der Waals surface area contributed by atoms with Crippen LogP contribution >= 0.6 is 11.6 Å². The second kappa shape index (κ2) is 5.87. The molecule has 0 radical (unpaired) electrons. The van der Waals surface area contributed by atoms with Crippen molar-refractivity contribution in [1.29, 1.82) is 5.26 Å². The van der Waals surface area contributed by atoms with Gasteiger partial charge in [-0.25, -0.2) is 0 Å². The van der Waals surface area contributed by atoms with Gasteiger partial charge in [0.2, 0.25) is 0 Å². The molecule has 1 aromatic carbocycles. The normalized spacial score (nSPS) is 11.0. The highest BCUT2D eigenvalue weighted by molar-refractivity contribution is 6.30. The monoisotopic (exact) mass is 254 g/mol. The summed E-state index contributed by atoms with van der Waals surface area (Å²) in [4.78, 5) is 0. The highest BCUT2D eigenvalue weighted by Crippen LogP contribution is 2.24. The molecule has 0 saturated heterocycles. The Labute approximate surface area is 105 Å². The van der Waals surface area contributed by atoms with E-state index in [0.717, 1.165) is 0 Å². The Bertz CT molecular complexity index is 417. The van der Waals surface area contributed by atoms with E-state index >= 15 is 0 Å². The number of aliphatic hydroxyl groups excluding tert-OH is 2. The Morgan fingerprint density at radius 2 is 2.06 bits per heavy atom. The first-order valence-corrected chi connectivity index (χ1v) is 5.68. The Hall–Kier alpha value is -1.28. The molecule has 0 saturated carbocycles. The van der Waals surface area contributed by atoms with Gasteiger partial charge in [0, 0.05) is 5.02 Å². The van der Waals surface area contributed by atoms with Gasteiger partial charge in [0.05, 0.1) is 30.0 Å². The molecule has 17 heavy (non-hydrogen) atoms. The Kier molecular flexibility index (Phi) is 4.76. The maximum atomic E-state index is 9.32. The van der Waals surface area contributed by atoms with E-state index in [0.29, 0.717) is 22.7 Å². The van der Waals surface area contributed by atoms with E-state index in [1.54, 1.807) is 18.2 Å². The van der Waals surface area contributed by atoms with Crippen LogP contribution in [0.15, 0.2) is 18.2 Å². The second-order valence-corrected chi connectivity index (χ2v) is 4.31. The molecule has 0 bridgehead atoms. The quantitative estimate of drug-likeness (QED) is 0.748. The largest absolute Gasteiger partial charge is 0.394 e. The third kappa shape index (κ3) is 3.10. The van der Waals surface area contributed by atoms with Gasteiger partial charge in [0.1, 0.15) is 6.07 Å². The minimum absolute atomic E-state index is 0.215. The minimum atomic E-state index is -0.820. The van der Waals surface area contributed by atoms with Crippen molar-refractivity contribution in [2.24, 2.45) is 0 Å².